The first-order valence-electron chi connectivity index (χ1n) is 6.88. The molecule has 0 aliphatic rings. The average molecular weight is 264 g/mol. The van der Waals surface area contributed by atoms with E-state index in [0.717, 1.165) is 17.5 Å². The van der Waals surface area contributed by atoms with Crippen LogP contribution in [0.5, 0.6) is 0 Å². The third-order valence-electron chi connectivity index (χ3n) is 3.32. The smallest absolute Gasteiger partial charge is 0.138 e. The molecule has 0 aliphatic heterocycles. The zero-order valence-corrected chi connectivity index (χ0v) is 13.5. The standard InChI is InChI=1S/C15H28N4/c1-10(14(2,3)4)17-12-9-11(16-8)18-13(19-12)15(5,6)7/h9-10H,1-8H3,(H2,16,17,18,19). The second kappa shape index (κ2) is 5.35. The number of rotatable bonds is 3. The molecule has 0 aliphatic carbocycles. The molecule has 19 heavy (non-hydrogen) atoms. The maximum Gasteiger partial charge on any atom is 0.138 e. The second-order valence-electron chi connectivity index (χ2n) is 7.19. The van der Waals surface area contributed by atoms with Crippen LogP contribution in [0.25, 0.3) is 0 Å². The lowest BCUT2D eigenvalue weighted by Crippen LogP contribution is -2.31. The van der Waals surface area contributed by atoms with Crippen LogP contribution >= 0.6 is 0 Å². The van der Waals surface area contributed by atoms with Gasteiger partial charge in [-0.2, -0.15) is 0 Å². The molecule has 0 aromatic carbocycles. The molecule has 1 rings (SSSR count). The minimum absolute atomic E-state index is 0.0612. The normalized spacial score (nSPS) is 14.1. The first kappa shape index (κ1) is 15.7. The number of nitrogens with zero attached hydrogens (tertiary/aromatic N) is 2. The van der Waals surface area contributed by atoms with Gasteiger partial charge in [0, 0.05) is 24.6 Å². The van der Waals surface area contributed by atoms with Crippen molar-refractivity contribution >= 4 is 11.6 Å². The summed E-state index contributed by atoms with van der Waals surface area (Å²) in [6, 6.07) is 2.29. The molecule has 0 amide bonds. The quantitative estimate of drug-likeness (QED) is 0.874. The van der Waals surface area contributed by atoms with Crippen LogP contribution in [-0.4, -0.2) is 23.1 Å². The van der Waals surface area contributed by atoms with Crippen molar-refractivity contribution < 1.29 is 0 Å². The Morgan fingerprint density at radius 3 is 1.95 bits per heavy atom. The molecular formula is C15H28N4. The van der Waals surface area contributed by atoms with E-state index in [1.807, 2.05) is 13.1 Å². The van der Waals surface area contributed by atoms with Gasteiger partial charge in [-0.25, -0.2) is 9.97 Å². The van der Waals surface area contributed by atoms with Crippen molar-refractivity contribution in [2.24, 2.45) is 5.41 Å². The fourth-order valence-corrected chi connectivity index (χ4v) is 1.42. The first-order chi connectivity index (χ1) is 8.54. The van der Waals surface area contributed by atoms with E-state index in [0.29, 0.717) is 6.04 Å². The van der Waals surface area contributed by atoms with Gasteiger partial charge in [0.15, 0.2) is 0 Å². The van der Waals surface area contributed by atoms with Crippen LogP contribution in [0, 0.1) is 5.41 Å². The van der Waals surface area contributed by atoms with E-state index < -0.39 is 0 Å². The Labute approximate surface area is 117 Å². The van der Waals surface area contributed by atoms with Gasteiger partial charge in [-0.15, -0.1) is 0 Å². The molecule has 4 nitrogen and oxygen atoms in total. The lowest BCUT2D eigenvalue weighted by molar-refractivity contribution is 0.358. The topological polar surface area (TPSA) is 49.8 Å². The minimum Gasteiger partial charge on any atom is -0.373 e. The van der Waals surface area contributed by atoms with Gasteiger partial charge in [0.05, 0.1) is 0 Å². The largest absolute Gasteiger partial charge is 0.373 e. The maximum atomic E-state index is 4.64. The molecular weight excluding hydrogens is 236 g/mol. The van der Waals surface area contributed by atoms with E-state index in [-0.39, 0.29) is 10.8 Å². The highest BCUT2D eigenvalue weighted by atomic mass is 15.1. The summed E-state index contributed by atoms with van der Waals surface area (Å²) in [5, 5.41) is 6.58. The molecule has 4 heteroatoms. The van der Waals surface area contributed by atoms with Gasteiger partial charge in [-0.3, -0.25) is 0 Å². The Hall–Kier alpha value is -1.32. The molecule has 108 valence electrons. The fraction of sp³-hybridized carbons (Fsp3) is 0.733. The molecule has 0 saturated carbocycles. The van der Waals surface area contributed by atoms with Crippen molar-refractivity contribution in [2.75, 3.05) is 17.7 Å². The van der Waals surface area contributed by atoms with Crippen LogP contribution in [0.3, 0.4) is 0 Å². The van der Waals surface area contributed by atoms with Crippen LogP contribution in [-0.2, 0) is 5.41 Å². The van der Waals surface area contributed by atoms with E-state index in [2.05, 4.69) is 69.1 Å². The minimum atomic E-state index is -0.0612. The summed E-state index contributed by atoms with van der Waals surface area (Å²) >= 11 is 0. The number of hydrogen-bond donors (Lipinski definition) is 2. The highest BCUT2D eigenvalue weighted by Gasteiger charge is 2.22. The van der Waals surface area contributed by atoms with E-state index in [1.165, 1.54) is 0 Å². The second-order valence-corrected chi connectivity index (χ2v) is 7.19. The molecule has 0 fully saturated rings. The molecule has 1 aromatic heterocycles. The van der Waals surface area contributed by atoms with E-state index in [9.17, 15) is 0 Å². The van der Waals surface area contributed by atoms with Crippen LogP contribution in [0.2, 0.25) is 0 Å². The van der Waals surface area contributed by atoms with Crippen LogP contribution in [0.1, 0.15) is 54.3 Å². The van der Waals surface area contributed by atoms with Crippen molar-refractivity contribution in [1.82, 2.24) is 9.97 Å². The number of anilines is 2. The molecule has 1 atom stereocenters. The Morgan fingerprint density at radius 1 is 1.00 bits per heavy atom. The highest BCUT2D eigenvalue weighted by molar-refractivity contribution is 5.48. The number of aromatic nitrogens is 2. The van der Waals surface area contributed by atoms with E-state index in [4.69, 9.17) is 0 Å². The molecule has 2 N–H and O–H groups in total. The van der Waals surface area contributed by atoms with Gasteiger partial charge in [-0.05, 0) is 12.3 Å². The number of nitrogens with one attached hydrogen (secondary N) is 2. The van der Waals surface area contributed by atoms with Crippen LogP contribution < -0.4 is 10.6 Å². The lowest BCUT2D eigenvalue weighted by Gasteiger charge is -2.29. The SMILES string of the molecule is CNc1cc(NC(C)C(C)(C)C)nc(C(C)(C)C)n1. The highest BCUT2D eigenvalue weighted by Crippen LogP contribution is 2.25. The van der Waals surface area contributed by atoms with Crippen LogP contribution in [0.15, 0.2) is 6.07 Å². The zero-order valence-electron chi connectivity index (χ0n) is 13.5. The molecule has 1 heterocycles. The van der Waals surface area contributed by atoms with Crippen molar-refractivity contribution in [3.8, 4) is 0 Å². The van der Waals surface area contributed by atoms with Gasteiger partial charge in [0.1, 0.15) is 17.5 Å². The van der Waals surface area contributed by atoms with Crippen LogP contribution in [0.4, 0.5) is 11.6 Å². The summed E-state index contributed by atoms with van der Waals surface area (Å²) in [5.74, 6) is 2.58. The molecule has 0 bridgehead atoms. The van der Waals surface area contributed by atoms with Gasteiger partial charge < -0.3 is 10.6 Å². The molecule has 0 spiro atoms. The maximum absolute atomic E-state index is 4.64. The number of hydrogen-bond acceptors (Lipinski definition) is 4. The third-order valence-corrected chi connectivity index (χ3v) is 3.32. The third kappa shape index (κ3) is 4.37. The zero-order chi connectivity index (χ0) is 14.8. The summed E-state index contributed by atoms with van der Waals surface area (Å²) in [7, 11) is 1.88. The molecule has 0 radical (unpaired) electrons. The Bertz CT molecular complexity index is 427. The molecule has 0 saturated heterocycles. The van der Waals surface area contributed by atoms with Gasteiger partial charge in [0.2, 0.25) is 0 Å². The molecule has 1 aromatic rings. The van der Waals surface area contributed by atoms with E-state index >= 15 is 0 Å². The summed E-state index contributed by atoms with van der Waals surface area (Å²) in [6.45, 7) is 15.2. The summed E-state index contributed by atoms with van der Waals surface area (Å²) in [5.41, 5.74) is 0.126. The van der Waals surface area contributed by atoms with Gasteiger partial charge in [-0.1, -0.05) is 41.5 Å². The van der Waals surface area contributed by atoms with Gasteiger partial charge in [0.25, 0.3) is 0 Å². The van der Waals surface area contributed by atoms with Crippen molar-refractivity contribution in [1.29, 1.82) is 0 Å². The summed E-state index contributed by atoms with van der Waals surface area (Å²) < 4.78 is 0. The van der Waals surface area contributed by atoms with Gasteiger partial charge >= 0.3 is 0 Å². The average Bonchev–Trinajstić information content (AvgIpc) is 2.26. The summed E-state index contributed by atoms with van der Waals surface area (Å²) in [6.07, 6.45) is 0. The Morgan fingerprint density at radius 2 is 1.53 bits per heavy atom. The lowest BCUT2D eigenvalue weighted by atomic mass is 9.88. The van der Waals surface area contributed by atoms with Crippen molar-refractivity contribution in [3.63, 3.8) is 0 Å². The van der Waals surface area contributed by atoms with Crippen molar-refractivity contribution in [3.05, 3.63) is 11.9 Å². The predicted molar refractivity (Wildman–Crippen MR) is 82.8 cm³/mol. The predicted octanol–water partition coefficient (Wildman–Crippen LogP) is 3.66. The fourth-order valence-electron chi connectivity index (χ4n) is 1.42. The Kier molecular flexibility index (Phi) is 4.43. The van der Waals surface area contributed by atoms with Crippen molar-refractivity contribution in [2.45, 2.75) is 59.9 Å². The Balaban J connectivity index is 3.08. The molecule has 1 unspecified atom stereocenters. The monoisotopic (exact) mass is 264 g/mol. The summed E-state index contributed by atoms with van der Waals surface area (Å²) in [4.78, 5) is 9.17. The van der Waals surface area contributed by atoms with E-state index in [1.54, 1.807) is 0 Å². The first-order valence-corrected chi connectivity index (χ1v) is 6.88.